The van der Waals surface area contributed by atoms with E-state index in [4.69, 9.17) is 5.11 Å². The highest BCUT2D eigenvalue weighted by atomic mass is 16.3. The van der Waals surface area contributed by atoms with E-state index in [0.29, 0.717) is 0 Å². The summed E-state index contributed by atoms with van der Waals surface area (Å²) in [7, 11) is 0. The number of amides is 1. The Morgan fingerprint density at radius 2 is 2.43 bits per heavy atom. The molecule has 78 valence electrons. The highest BCUT2D eigenvalue weighted by Gasteiger charge is 2.19. The minimum absolute atomic E-state index is 0.0134. The van der Waals surface area contributed by atoms with Crippen LogP contribution in [0.25, 0.3) is 0 Å². The minimum atomic E-state index is -1.30. The summed E-state index contributed by atoms with van der Waals surface area (Å²) in [6.07, 6.45) is 4.32. The van der Waals surface area contributed by atoms with Crippen LogP contribution in [0.4, 0.5) is 4.79 Å². The van der Waals surface area contributed by atoms with Gasteiger partial charge in [-0.25, -0.2) is 9.78 Å². The second-order valence-corrected chi connectivity index (χ2v) is 3.28. The maximum Gasteiger partial charge on any atom is 0.326 e. The number of nitrogens with one attached hydrogen (secondary N) is 1. The molecule has 1 rings (SSSR count). The number of carbonyl (C=O) groups excluding carboxylic acids is 1. The van der Waals surface area contributed by atoms with Crippen LogP contribution in [0.3, 0.4) is 0 Å². The quantitative estimate of drug-likeness (QED) is 0.593. The number of nitrogens with zero attached hydrogens (tertiary/aromatic N) is 2. The molecule has 0 spiro atoms. The molecule has 0 aliphatic heterocycles. The van der Waals surface area contributed by atoms with Crippen LogP contribution >= 0.6 is 0 Å². The molecule has 0 fully saturated rings. The standard InChI is InChI=1S/C8H13N3O3/c1-8(14,5-12)4-10-7(13)11-3-2-9-6-11/h2-3,6,12,14H,4-5H2,1H3,(H,10,13). The van der Waals surface area contributed by atoms with Gasteiger partial charge in [-0.1, -0.05) is 0 Å². The van der Waals surface area contributed by atoms with Gasteiger partial charge in [-0.3, -0.25) is 4.57 Å². The lowest BCUT2D eigenvalue weighted by molar-refractivity contribution is 0.00486. The molecule has 1 amide bonds. The lowest BCUT2D eigenvalue weighted by Gasteiger charge is -2.20. The summed E-state index contributed by atoms with van der Waals surface area (Å²) in [4.78, 5) is 15.0. The van der Waals surface area contributed by atoms with Gasteiger partial charge in [-0.2, -0.15) is 0 Å². The van der Waals surface area contributed by atoms with E-state index < -0.39 is 18.2 Å². The normalized spacial score (nSPS) is 14.8. The predicted molar refractivity (Wildman–Crippen MR) is 48.7 cm³/mol. The molecule has 0 aliphatic carbocycles. The van der Waals surface area contributed by atoms with Crippen molar-refractivity contribution < 1.29 is 15.0 Å². The molecule has 1 unspecified atom stereocenters. The van der Waals surface area contributed by atoms with E-state index in [1.165, 1.54) is 30.2 Å². The van der Waals surface area contributed by atoms with Crippen LogP contribution in [0.2, 0.25) is 0 Å². The first-order valence-corrected chi connectivity index (χ1v) is 4.14. The summed E-state index contributed by atoms with van der Waals surface area (Å²) in [5.74, 6) is 0. The molecule has 0 aromatic carbocycles. The van der Waals surface area contributed by atoms with E-state index in [1.54, 1.807) is 0 Å². The van der Waals surface area contributed by atoms with E-state index in [9.17, 15) is 9.90 Å². The highest BCUT2D eigenvalue weighted by molar-refractivity contribution is 5.76. The van der Waals surface area contributed by atoms with Crippen molar-refractivity contribution in [1.29, 1.82) is 0 Å². The highest BCUT2D eigenvalue weighted by Crippen LogP contribution is 1.98. The van der Waals surface area contributed by atoms with Crippen molar-refractivity contribution in [3.63, 3.8) is 0 Å². The smallest absolute Gasteiger partial charge is 0.326 e. The lowest BCUT2D eigenvalue weighted by Crippen LogP contribution is -2.44. The molecular weight excluding hydrogens is 186 g/mol. The van der Waals surface area contributed by atoms with Crippen LogP contribution in [0.5, 0.6) is 0 Å². The fourth-order valence-corrected chi connectivity index (χ4v) is 0.792. The van der Waals surface area contributed by atoms with Crippen LogP contribution in [-0.2, 0) is 0 Å². The number of hydrogen-bond acceptors (Lipinski definition) is 4. The number of hydrogen-bond donors (Lipinski definition) is 3. The average Bonchev–Trinajstić information content (AvgIpc) is 2.67. The van der Waals surface area contributed by atoms with E-state index in [1.807, 2.05) is 0 Å². The first-order valence-electron chi connectivity index (χ1n) is 4.14. The van der Waals surface area contributed by atoms with Crippen molar-refractivity contribution in [2.75, 3.05) is 13.2 Å². The second kappa shape index (κ2) is 4.21. The van der Waals surface area contributed by atoms with Gasteiger partial charge in [0.05, 0.1) is 13.2 Å². The lowest BCUT2D eigenvalue weighted by atomic mass is 10.1. The fraction of sp³-hybridized carbons (Fsp3) is 0.500. The van der Waals surface area contributed by atoms with Gasteiger partial charge in [0.2, 0.25) is 0 Å². The van der Waals surface area contributed by atoms with Gasteiger partial charge >= 0.3 is 6.03 Å². The molecule has 1 aromatic heterocycles. The molecule has 1 atom stereocenters. The Kier molecular flexibility index (Phi) is 3.21. The van der Waals surface area contributed by atoms with Gasteiger partial charge in [0, 0.05) is 12.4 Å². The van der Waals surface area contributed by atoms with Gasteiger partial charge in [0.25, 0.3) is 0 Å². The zero-order valence-corrected chi connectivity index (χ0v) is 7.84. The summed E-state index contributed by atoms with van der Waals surface area (Å²) < 4.78 is 1.24. The van der Waals surface area contributed by atoms with Crippen molar-refractivity contribution in [2.45, 2.75) is 12.5 Å². The van der Waals surface area contributed by atoms with E-state index in [2.05, 4.69) is 10.3 Å². The van der Waals surface area contributed by atoms with Gasteiger partial charge < -0.3 is 15.5 Å². The van der Waals surface area contributed by atoms with Crippen LogP contribution in [-0.4, -0.2) is 44.5 Å². The van der Waals surface area contributed by atoms with Crippen molar-refractivity contribution in [3.05, 3.63) is 18.7 Å². The van der Waals surface area contributed by atoms with Gasteiger partial charge in [-0.15, -0.1) is 0 Å². The first kappa shape index (κ1) is 10.7. The molecule has 0 saturated heterocycles. The second-order valence-electron chi connectivity index (χ2n) is 3.28. The average molecular weight is 199 g/mol. The summed E-state index contributed by atoms with van der Waals surface area (Å²) in [6, 6.07) is -0.392. The molecule has 0 radical (unpaired) electrons. The summed E-state index contributed by atoms with van der Waals surface area (Å²) in [6.45, 7) is 1.01. The molecule has 1 heterocycles. The van der Waals surface area contributed by atoms with E-state index in [0.717, 1.165) is 0 Å². The maximum atomic E-state index is 11.3. The molecule has 6 nitrogen and oxygen atoms in total. The van der Waals surface area contributed by atoms with Gasteiger partial charge in [0.15, 0.2) is 0 Å². The SMILES string of the molecule is CC(O)(CO)CNC(=O)n1ccnc1. The zero-order chi connectivity index (χ0) is 10.6. The van der Waals surface area contributed by atoms with Crippen molar-refractivity contribution in [3.8, 4) is 0 Å². The summed E-state index contributed by atoms with van der Waals surface area (Å²) in [5, 5.41) is 20.5. The summed E-state index contributed by atoms with van der Waals surface area (Å²) >= 11 is 0. The molecular formula is C8H13N3O3. The zero-order valence-electron chi connectivity index (χ0n) is 7.84. The minimum Gasteiger partial charge on any atom is -0.393 e. The number of aliphatic hydroxyl groups is 2. The molecule has 14 heavy (non-hydrogen) atoms. The van der Waals surface area contributed by atoms with E-state index >= 15 is 0 Å². The van der Waals surface area contributed by atoms with Crippen LogP contribution < -0.4 is 5.32 Å². The Hall–Kier alpha value is -1.40. The largest absolute Gasteiger partial charge is 0.393 e. The third kappa shape index (κ3) is 2.82. The summed E-state index contributed by atoms with van der Waals surface area (Å²) in [5.41, 5.74) is -1.30. The van der Waals surface area contributed by atoms with Crippen molar-refractivity contribution in [2.24, 2.45) is 0 Å². The molecule has 6 heteroatoms. The monoisotopic (exact) mass is 199 g/mol. The number of aromatic nitrogens is 2. The van der Waals surface area contributed by atoms with Crippen molar-refractivity contribution in [1.82, 2.24) is 14.9 Å². The Morgan fingerprint density at radius 3 is 2.93 bits per heavy atom. The predicted octanol–water partition coefficient (Wildman–Crippen LogP) is -0.816. The topological polar surface area (TPSA) is 87.4 Å². The number of rotatable bonds is 3. The van der Waals surface area contributed by atoms with Gasteiger partial charge in [0.1, 0.15) is 11.9 Å². The Morgan fingerprint density at radius 1 is 1.71 bits per heavy atom. The molecule has 1 aromatic rings. The number of carbonyl (C=O) groups is 1. The van der Waals surface area contributed by atoms with Crippen molar-refractivity contribution >= 4 is 6.03 Å². The fourth-order valence-electron chi connectivity index (χ4n) is 0.792. The maximum absolute atomic E-state index is 11.3. The van der Waals surface area contributed by atoms with Gasteiger partial charge in [-0.05, 0) is 6.92 Å². The number of aliphatic hydroxyl groups excluding tert-OH is 1. The van der Waals surface area contributed by atoms with Crippen LogP contribution in [0.1, 0.15) is 6.92 Å². The third-order valence-corrected chi connectivity index (χ3v) is 1.70. The van der Waals surface area contributed by atoms with Crippen LogP contribution in [0, 0.1) is 0 Å². The Labute approximate surface area is 81.2 Å². The Bertz CT molecular complexity index is 295. The molecule has 0 aliphatic rings. The van der Waals surface area contributed by atoms with Crippen LogP contribution in [0.15, 0.2) is 18.7 Å². The molecule has 0 saturated carbocycles. The Balaban J connectivity index is 2.43. The molecule has 0 bridgehead atoms. The number of imidazole rings is 1. The van der Waals surface area contributed by atoms with E-state index in [-0.39, 0.29) is 6.54 Å². The molecule has 3 N–H and O–H groups in total. The first-order chi connectivity index (χ1) is 6.55. The third-order valence-electron chi connectivity index (χ3n) is 1.70.